The molecule has 2 rings (SSSR count). The van der Waals surface area contributed by atoms with Crippen LogP contribution in [-0.4, -0.2) is 29.5 Å². The van der Waals surface area contributed by atoms with Gasteiger partial charge in [0.05, 0.1) is 5.52 Å². The van der Waals surface area contributed by atoms with Gasteiger partial charge in [-0.05, 0) is 30.9 Å². The molecular weight excluding hydrogens is 322 g/mol. The van der Waals surface area contributed by atoms with E-state index in [1.165, 1.54) is 4.57 Å². The summed E-state index contributed by atoms with van der Waals surface area (Å²) in [6.45, 7) is 4.38. The molecule has 0 aliphatic rings. The normalized spacial score (nSPS) is 12.3. The molecule has 1 aromatic carbocycles. The summed E-state index contributed by atoms with van der Waals surface area (Å²) >= 11 is 0. The first kappa shape index (κ1) is 18.8. The Kier molecular flexibility index (Phi) is 6.38. The van der Waals surface area contributed by atoms with E-state index in [9.17, 15) is 14.4 Å². The summed E-state index contributed by atoms with van der Waals surface area (Å²) in [4.78, 5) is 35.9. The fraction of sp³-hybridized carbons (Fsp3) is 0.500. The average Bonchev–Trinajstić information content (AvgIpc) is 2.89. The van der Waals surface area contributed by atoms with E-state index in [4.69, 9.17) is 4.42 Å². The lowest BCUT2D eigenvalue weighted by atomic mass is 10.0. The number of carbonyl (C=O) groups is 2. The van der Waals surface area contributed by atoms with Crippen LogP contribution in [0.2, 0.25) is 0 Å². The topological polar surface area (TPSA) is 93.3 Å². The summed E-state index contributed by atoms with van der Waals surface area (Å²) < 4.78 is 6.69. The first-order chi connectivity index (χ1) is 11.9. The maximum absolute atomic E-state index is 12.1. The van der Waals surface area contributed by atoms with Crippen LogP contribution in [0, 0.1) is 5.92 Å². The Hall–Kier alpha value is -2.57. The lowest BCUT2D eigenvalue weighted by molar-refractivity contribution is -0.129. The third-order valence-corrected chi connectivity index (χ3v) is 3.96. The summed E-state index contributed by atoms with van der Waals surface area (Å²) in [5, 5.41) is 5.34. The molecule has 0 aliphatic heterocycles. The minimum atomic E-state index is -0.532. The first-order valence-corrected chi connectivity index (χ1v) is 8.51. The molecule has 0 bridgehead atoms. The molecule has 0 aliphatic carbocycles. The van der Waals surface area contributed by atoms with Crippen LogP contribution in [0.3, 0.4) is 0 Å². The van der Waals surface area contributed by atoms with Crippen molar-refractivity contribution in [3.05, 3.63) is 34.8 Å². The van der Waals surface area contributed by atoms with Gasteiger partial charge < -0.3 is 15.1 Å². The Morgan fingerprint density at radius 3 is 2.64 bits per heavy atom. The minimum Gasteiger partial charge on any atom is -0.408 e. The van der Waals surface area contributed by atoms with E-state index in [-0.39, 0.29) is 18.2 Å². The summed E-state index contributed by atoms with van der Waals surface area (Å²) in [5.41, 5.74) is 1.25. The van der Waals surface area contributed by atoms with Gasteiger partial charge in [0.15, 0.2) is 5.58 Å². The van der Waals surface area contributed by atoms with E-state index >= 15 is 0 Å². The predicted octanol–water partition coefficient (Wildman–Crippen LogP) is 1.65. The lowest BCUT2D eigenvalue weighted by Gasteiger charge is -2.19. The van der Waals surface area contributed by atoms with Crippen LogP contribution in [0.1, 0.15) is 33.1 Å². The number of amides is 2. The van der Waals surface area contributed by atoms with Crippen molar-refractivity contribution in [2.75, 3.05) is 7.05 Å². The molecule has 2 amide bonds. The zero-order chi connectivity index (χ0) is 18.4. The van der Waals surface area contributed by atoms with Crippen molar-refractivity contribution in [3.8, 4) is 0 Å². The second-order valence-electron chi connectivity index (χ2n) is 6.45. The number of hydrogen-bond donors (Lipinski definition) is 2. The van der Waals surface area contributed by atoms with Gasteiger partial charge in [-0.3, -0.25) is 14.2 Å². The van der Waals surface area contributed by atoms with Gasteiger partial charge in [-0.1, -0.05) is 26.0 Å². The molecule has 0 fully saturated rings. The molecule has 1 atom stereocenters. The van der Waals surface area contributed by atoms with Crippen LogP contribution in [0.25, 0.3) is 11.1 Å². The van der Waals surface area contributed by atoms with Crippen LogP contribution >= 0.6 is 0 Å². The number of para-hydroxylation sites is 2. The molecular formula is C18H25N3O4. The van der Waals surface area contributed by atoms with E-state index in [0.29, 0.717) is 30.9 Å². The molecule has 2 aromatic rings. The van der Waals surface area contributed by atoms with Crippen LogP contribution in [0.4, 0.5) is 0 Å². The van der Waals surface area contributed by atoms with Gasteiger partial charge in [0.1, 0.15) is 6.04 Å². The molecule has 136 valence electrons. The van der Waals surface area contributed by atoms with Crippen LogP contribution in [-0.2, 0) is 16.1 Å². The van der Waals surface area contributed by atoms with E-state index in [0.717, 1.165) is 5.52 Å². The van der Waals surface area contributed by atoms with Crippen molar-refractivity contribution in [2.24, 2.45) is 5.92 Å². The number of nitrogens with one attached hydrogen (secondary N) is 2. The Balaban J connectivity index is 1.92. The number of aryl methyl sites for hydroxylation is 1. The van der Waals surface area contributed by atoms with Gasteiger partial charge in [0, 0.05) is 20.0 Å². The predicted molar refractivity (Wildman–Crippen MR) is 95.2 cm³/mol. The number of nitrogens with zero attached hydrogens (tertiary/aromatic N) is 1. The number of hydrogen-bond acceptors (Lipinski definition) is 4. The van der Waals surface area contributed by atoms with E-state index in [1.54, 1.807) is 19.2 Å². The lowest BCUT2D eigenvalue weighted by Crippen LogP contribution is -2.46. The van der Waals surface area contributed by atoms with Crippen molar-refractivity contribution >= 4 is 22.9 Å². The average molecular weight is 347 g/mol. The summed E-state index contributed by atoms with van der Waals surface area (Å²) in [5.74, 6) is -0.530. The molecule has 1 heterocycles. The molecule has 0 radical (unpaired) electrons. The molecule has 1 aromatic heterocycles. The molecule has 0 spiro atoms. The van der Waals surface area contributed by atoms with Gasteiger partial charge in [-0.25, -0.2) is 4.79 Å². The first-order valence-electron chi connectivity index (χ1n) is 8.51. The summed E-state index contributed by atoms with van der Waals surface area (Å²) in [6.07, 6.45) is 1.30. The number of carbonyl (C=O) groups excluding carboxylic acids is 2. The Morgan fingerprint density at radius 2 is 1.96 bits per heavy atom. The molecule has 0 saturated heterocycles. The quantitative estimate of drug-likeness (QED) is 0.759. The van der Waals surface area contributed by atoms with E-state index < -0.39 is 11.8 Å². The highest BCUT2D eigenvalue weighted by Crippen LogP contribution is 2.12. The molecule has 0 saturated carbocycles. The van der Waals surface area contributed by atoms with Crippen molar-refractivity contribution in [2.45, 2.75) is 45.7 Å². The van der Waals surface area contributed by atoms with Crippen LogP contribution < -0.4 is 16.4 Å². The minimum absolute atomic E-state index is 0.195. The van der Waals surface area contributed by atoms with Crippen molar-refractivity contribution in [1.82, 2.24) is 15.2 Å². The van der Waals surface area contributed by atoms with E-state index in [2.05, 4.69) is 10.6 Å². The van der Waals surface area contributed by atoms with Gasteiger partial charge in [0.2, 0.25) is 11.8 Å². The Morgan fingerprint density at radius 1 is 1.24 bits per heavy atom. The standard InChI is InChI=1S/C18H25N3O4/c1-12(2)11-13(17(23)19-3)20-16(22)9-6-10-21-14-7-4-5-8-15(14)25-18(21)24/h4-5,7-8,12-13H,6,9-11H2,1-3H3,(H,19,23)(H,20,22). The second-order valence-corrected chi connectivity index (χ2v) is 6.45. The third-order valence-electron chi connectivity index (χ3n) is 3.96. The molecule has 1 unspecified atom stereocenters. The maximum atomic E-state index is 12.1. The monoisotopic (exact) mass is 347 g/mol. The van der Waals surface area contributed by atoms with Crippen LogP contribution in [0.15, 0.2) is 33.5 Å². The second kappa shape index (κ2) is 8.50. The van der Waals surface area contributed by atoms with Crippen molar-refractivity contribution in [3.63, 3.8) is 0 Å². The fourth-order valence-corrected chi connectivity index (χ4v) is 2.77. The maximum Gasteiger partial charge on any atom is 0.419 e. The van der Waals surface area contributed by atoms with Crippen molar-refractivity contribution < 1.29 is 14.0 Å². The molecule has 7 heteroatoms. The number of benzene rings is 1. The zero-order valence-electron chi connectivity index (χ0n) is 14.9. The number of fused-ring (bicyclic) bond motifs is 1. The van der Waals surface area contributed by atoms with Crippen LogP contribution in [0.5, 0.6) is 0 Å². The highest BCUT2D eigenvalue weighted by molar-refractivity contribution is 5.87. The fourth-order valence-electron chi connectivity index (χ4n) is 2.77. The summed E-state index contributed by atoms with van der Waals surface area (Å²) in [6, 6.07) is 6.65. The van der Waals surface area contributed by atoms with Gasteiger partial charge in [0.25, 0.3) is 0 Å². The number of aromatic nitrogens is 1. The van der Waals surface area contributed by atoms with Gasteiger partial charge >= 0.3 is 5.76 Å². The molecule has 7 nitrogen and oxygen atoms in total. The number of likely N-dealkylation sites (N-methyl/N-ethyl adjacent to an activating group) is 1. The zero-order valence-corrected chi connectivity index (χ0v) is 14.9. The van der Waals surface area contributed by atoms with Crippen molar-refractivity contribution in [1.29, 1.82) is 0 Å². The largest absolute Gasteiger partial charge is 0.419 e. The smallest absolute Gasteiger partial charge is 0.408 e. The van der Waals surface area contributed by atoms with E-state index in [1.807, 2.05) is 26.0 Å². The summed E-state index contributed by atoms with van der Waals surface area (Å²) in [7, 11) is 1.55. The SMILES string of the molecule is CNC(=O)C(CC(C)C)NC(=O)CCCn1c(=O)oc2ccccc21. The Labute approximate surface area is 146 Å². The highest BCUT2D eigenvalue weighted by Gasteiger charge is 2.20. The Bertz CT molecular complexity index is 791. The highest BCUT2D eigenvalue weighted by atomic mass is 16.4. The van der Waals surface area contributed by atoms with Gasteiger partial charge in [-0.2, -0.15) is 0 Å². The number of oxazole rings is 1. The third kappa shape index (κ3) is 4.95. The molecule has 25 heavy (non-hydrogen) atoms. The number of rotatable bonds is 8. The van der Waals surface area contributed by atoms with Gasteiger partial charge in [-0.15, -0.1) is 0 Å². The molecule has 2 N–H and O–H groups in total.